The first-order chi connectivity index (χ1) is 13.1. The number of para-hydroxylation sites is 2. The summed E-state index contributed by atoms with van der Waals surface area (Å²) >= 11 is 1.51. The van der Waals surface area contributed by atoms with Crippen molar-refractivity contribution < 1.29 is 4.79 Å². The van der Waals surface area contributed by atoms with Gasteiger partial charge in [-0.05, 0) is 60.6 Å². The van der Waals surface area contributed by atoms with E-state index >= 15 is 0 Å². The summed E-state index contributed by atoms with van der Waals surface area (Å²) in [5.41, 5.74) is 5.81. The molecule has 1 aliphatic carbocycles. The summed E-state index contributed by atoms with van der Waals surface area (Å²) in [6.45, 7) is 5.29. The largest absolute Gasteiger partial charge is 0.325 e. The molecule has 27 heavy (non-hydrogen) atoms. The lowest BCUT2D eigenvalue weighted by atomic mass is 10.1. The number of thioether (sulfide) groups is 1. The van der Waals surface area contributed by atoms with Crippen LogP contribution in [0.5, 0.6) is 0 Å². The number of benzene rings is 2. The maximum absolute atomic E-state index is 12.5. The Morgan fingerprint density at radius 3 is 2.85 bits per heavy atom. The van der Waals surface area contributed by atoms with Crippen LogP contribution in [0.15, 0.2) is 47.6 Å². The highest BCUT2D eigenvalue weighted by Crippen LogP contribution is 2.27. The number of fused-ring (bicyclic) bond motifs is 2. The average molecular weight is 380 g/mol. The highest BCUT2D eigenvalue weighted by atomic mass is 32.2. The Bertz CT molecular complexity index is 977. The molecule has 0 atom stereocenters. The van der Waals surface area contributed by atoms with E-state index in [-0.39, 0.29) is 5.91 Å². The summed E-state index contributed by atoms with van der Waals surface area (Å²) < 4.78 is 2.23. The van der Waals surface area contributed by atoms with Crippen molar-refractivity contribution in [2.24, 2.45) is 5.92 Å². The number of imidazole rings is 1. The quantitative estimate of drug-likeness (QED) is 0.619. The van der Waals surface area contributed by atoms with Gasteiger partial charge in [-0.25, -0.2) is 4.98 Å². The smallest absolute Gasteiger partial charge is 0.234 e. The van der Waals surface area contributed by atoms with Gasteiger partial charge in [-0.1, -0.05) is 43.8 Å². The monoisotopic (exact) mass is 379 g/mol. The predicted molar refractivity (Wildman–Crippen MR) is 112 cm³/mol. The third kappa shape index (κ3) is 4.03. The minimum atomic E-state index is 0.0149. The molecule has 4 rings (SSSR count). The Morgan fingerprint density at radius 1 is 1.19 bits per heavy atom. The van der Waals surface area contributed by atoms with Crippen molar-refractivity contribution in [1.82, 2.24) is 9.55 Å². The number of hydrogen-bond acceptors (Lipinski definition) is 3. The van der Waals surface area contributed by atoms with Crippen LogP contribution in [0.4, 0.5) is 5.69 Å². The van der Waals surface area contributed by atoms with E-state index in [0.717, 1.165) is 41.3 Å². The number of hydrogen-bond donors (Lipinski definition) is 1. The van der Waals surface area contributed by atoms with Gasteiger partial charge in [0.15, 0.2) is 5.16 Å². The van der Waals surface area contributed by atoms with Crippen LogP contribution in [0.2, 0.25) is 0 Å². The molecule has 0 spiro atoms. The molecule has 3 aromatic rings. The van der Waals surface area contributed by atoms with Gasteiger partial charge in [0.1, 0.15) is 0 Å². The lowest BCUT2D eigenvalue weighted by Gasteiger charge is -2.11. The van der Waals surface area contributed by atoms with Crippen molar-refractivity contribution in [2.75, 3.05) is 11.1 Å². The van der Waals surface area contributed by atoms with E-state index < -0.39 is 0 Å². The number of nitrogens with zero attached hydrogens (tertiary/aromatic N) is 2. The molecule has 0 aliphatic heterocycles. The molecule has 0 saturated carbocycles. The average Bonchev–Trinajstić information content (AvgIpc) is 3.24. The van der Waals surface area contributed by atoms with E-state index in [9.17, 15) is 4.79 Å². The number of carbonyl (C=O) groups excluding carboxylic acids is 1. The molecular weight excluding hydrogens is 354 g/mol. The predicted octanol–water partition coefficient (Wildman–Crippen LogP) is 4.91. The first-order valence-corrected chi connectivity index (χ1v) is 10.6. The van der Waals surface area contributed by atoms with Gasteiger partial charge in [0.05, 0.1) is 16.8 Å². The second kappa shape index (κ2) is 7.77. The number of aromatic nitrogens is 2. The lowest BCUT2D eigenvalue weighted by molar-refractivity contribution is -0.113. The van der Waals surface area contributed by atoms with Crippen molar-refractivity contribution >= 4 is 34.4 Å². The molecule has 1 heterocycles. The molecular formula is C22H25N3OS. The Hall–Kier alpha value is -2.27. The van der Waals surface area contributed by atoms with E-state index in [4.69, 9.17) is 4.98 Å². The van der Waals surface area contributed by atoms with Crippen LogP contribution in [0.3, 0.4) is 0 Å². The number of anilines is 1. The van der Waals surface area contributed by atoms with E-state index in [1.807, 2.05) is 24.3 Å². The molecule has 1 aromatic heterocycles. The summed E-state index contributed by atoms with van der Waals surface area (Å²) in [6, 6.07) is 14.5. The van der Waals surface area contributed by atoms with Gasteiger partial charge >= 0.3 is 0 Å². The summed E-state index contributed by atoms with van der Waals surface area (Å²) in [4.78, 5) is 17.2. The SMILES string of the molecule is CC(C)Cn1c(SCC(=O)Nc2ccc3c(c2)CCC3)nc2ccccc21. The second-order valence-corrected chi connectivity index (χ2v) is 8.50. The highest BCUT2D eigenvalue weighted by Gasteiger charge is 2.15. The van der Waals surface area contributed by atoms with Gasteiger partial charge in [0.2, 0.25) is 5.91 Å². The summed E-state index contributed by atoms with van der Waals surface area (Å²) in [5, 5.41) is 3.95. The van der Waals surface area contributed by atoms with Crippen molar-refractivity contribution in [3.8, 4) is 0 Å². The Balaban J connectivity index is 1.45. The molecule has 0 fully saturated rings. The van der Waals surface area contributed by atoms with Crippen LogP contribution in [0.1, 0.15) is 31.4 Å². The molecule has 5 heteroatoms. The standard InChI is InChI=1S/C22H25N3OS/c1-15(2)13-25-20-9-4-3-8-19(20)24-22(25)27-14-21(26)23-18-11-10-16-6-5-7-17(16)12-18/h3-4,8-12,15H,5-7,13-14H2,1-2H3,(H,23,26). The molecule has 0 unspecified atom stereocenters. The molecule has 0 bridgehead atoms. The molecule has 140 valence electrons. The molecule has 1 aliphatic rings. The van der Waals surface area contributed by atoms with Crippen molar-refractivity contribution in [1.29, 1.82) is 0 Å². The number of carbonyl (C=O) groups is 1. The van der Waals surface area contributed by atoms with Gasteiger partial charge in [-0.2, -0.15) is 0 Å². The van der Waals surface area contributed by atoms with Crippen LogP contribution >= 0.6 is 11.8 Å². The van der Waals surface area contributed by atoms with Gasteiger partial charge in [0, 0.05) is 12.2 Å². The van der Waals surface area contributed by atoms with Crippen molar-refractivity contribution in [3.05, 3.63) is 53.6 Å². The zero-order valence-corrected chi connectivity index (χ0v) is 16.7. The first-order valence-electron chi connectivity index (χ1n) is 9.60. The maximum atomic E-state index is 12.5. The van der Waals surface area contributed by atoms with Crippen LogP contribution in [-0.4, -0.2) is 21.2 Å². The van der Waals surface area contributed by atoms with Gasteiger partial charge in [0.25, 0.3) is 0 Å². The number of amides is 1. The minimum Gasteiger partial charge on any atom is -0.325 e. The van der Waals surface area contributed by atoms with E-state index in [1.54, 1.807) is 0 Å². The van der Waals surface area contributed by atoms with Crippen LogP contribution < -0.4 is 5.32 Å². The van der Waals surface area contributed by atoms with Gasteiger partial charge in [-0.15, -0.1) is 0 Å². The Morgan fingerprint density at radius 2 is 2.00 bits per heavy atom. The second-order valence-electron chi connectivity index (χ2n) is 7.56. The molecule has 1 amide bonds. The molecule has 0 radical (unpaired) electrons. The lowest BCUT2D eigenvalue weighted by Crippen LogP contribution is -2.15. The zero-order chi connectivity index (χ0) is 18.8. The highest BCUT2D eigenvalue weighted by molar-refractivity contribution is 7.99. The normalized spacial score (nSPS) is 13.3. The van der Waals surface area contributed by atoms with Gasteiger partial charge < -0.3 is 9.88 Å². The molecule has 1 N–H and O–H groups in total. The fourth-order valence-corrected chi connectivity index (χ4v) is 4.51. The summed E-state index contributed by atoms with van der Waals surface area (Å²) in [5.74, 6) is 0.890. The summed E-state index contributed by atoms with van der Waals surface area (Å²) in [7, 11) is 0. The molecule has 2 aromatic carbocycles. The fraction of sp³-hybridized carbons (Fsp3) is 0.364. The van der Waals surface area contributed by atoms with Crippen LogP contribution in [0.25, 0.3) is 11.0 Å². The third-order valence-corrected chi connectivity index (χ3v) is 5.86. The topological polar surface area (TPSA) is 46.9 Å². The van der Waals surface area contributed by atoms with E-state index in [1.165, 1.54) is 29.3 Å². The minimum absolute atomic E-state index is 0.0149. The third-order valence-electron chi connectivity index (χ3n) is 4.88. The first kappa shape index (κ1) is 18.1. The Labute approximate surface area is 164 Å². The Kier molecular flexibility index (Phi) is 5.21. The maximum Gasteiger partial charge on any atom is 0.234 e. The van der Waals surface area contributed by atoms with Gasteiger partial charge in [-0.3, -0.25) is 4.79 Å². The molecule has 0 saturated heterocycles. The van der Waals surface area contributed by atoms with E-state index in [0.29, 0.717) is 11.7 Å². The number of nitrogens with one attached hydrogen (secondary N) is 1. The van der Waals surface area contributed by atoms with Crippen molar-refractivity contribution in [3.63, 3.8) is 0 Å². The van der Waals surface area contributed by atoms with Crippen molar-refractivity contribution in [2.45, 2.75) is 44.8 Å². The number of rotatable bonds is 6. The molecule has 4 nitrogen and oxygen atoms in total. The summed E-state index contributed by atoms with van der Waals surface area (Å²) in [6.07, 6.45) is 3.49. The van der Waals surface area contributed by atoms with E-state index in [2.05, 4.69) is 41.9 Å². The number of aryl methyl sites for hydroxylation is 2. The van der Waals surface area contributed by atoms with Crippen LogP contribution in [0, 0.1) is 5.92 Å². The van der Waals surface area contributed by atoms with Crippen LogP contribution in [-0.2, 0) is 24.2 Å². The fourth-order valence-electron chi connectivity index (χ4n) is 3.68. The zero-order valence-electron chi connectivity index (χ0n) is 15.9.